The third-order valence-corrected chi connectivity index (χ3v) is 5.67. The van der Waals surface area contributed by atoms with Crippen LogP contribution in [-0.2, 0) is 17.6 Å². The van der Waals surface area contributed by atoms with E-state index in [9.17, 15) is 4.79 Å². The molecule has 0 saturated carbocycles. The van der Waals surface area contributed by atoms with Crippen LogP contribution in [0.5, 0.6) is 0 Å². The maximum Gasteiger partial charge on any atom is 0.222 e. The molecule has 0 atom stereocenters. The molecule has 0 radical (unpaired) electrons. The SMILES string of the molecule is CC(=O)Nc1cc(CCc2ccccc2-c2nnc(Nc3cccc(Cl)c3)s2)ccn1. The van der Waals surface area contributed by atoms with Gasteiger partial charge in [0.05, 0.1) is 0 Å². The van der Waals surface area contributed by atoms with Crippen molar-refractivity contribution in [1.29, 1.82) is 0 Å². The van der Waals surface area contributed by atoms with Gasteiger partial charge in [-0.05, 0) is 54.3 Å². The van der Waals surface area contributed by atoms with Gasteiger partial charge in [0, 0.05) is 29.4 Å². The highest BCUT2D eigenvalue weighted by molar-refractivity contribution is 7.18. The molecule has 0 spiro atoms. The van der Waals surface area contributed by atoms with Crippen LogP contribution in [0, 0.1) is 0 Å². The van der Waals surface area contributed by atoms with Crippen LogP contribution in [0.15, 0.2) is 66.9 Å². The van der Waals surface area contributed by atoms with Crippen molar-refractivity contribution in [2.45, 2.75) is 19.8 Å². The van der Waals surface area contributed by atoms with Gasteiger partial charge in [0.25, 0.3) is 0 Å². The van der Waals surface area contributed by atoms with Gasteiger partial charge in [-0.2, -0.15) is 0 Å². The fourth-order valence-corrected chi connectivity index (χ4v) is 4.19. The summed E-state index contributed by atoms with van der Waals surface area (Å²) >= 11 is 7.55. The first-order valence-electron chi connectivity index (χ1n) is 9.74. The fraction of sp³-hybridized carbons (Fsp3) is 0.130. The minimum atomic E-state index is -0.131. The topological polar surface area (TPSA) is 79.8 Å². The lowest BCUT2D eigenvalue weighted by Crippen LogP contribution is -2.07. The normalized spacial score (nSPS) is 10.6. The van der Waals surface area contributed by atoms with Crippen LogP contribution < -0.4 is 10.6 Å². The third kappa shape index (κ3) is 5.65. The van der Waals surface area contributed by atoms with Crippen LogP contribution >= 0.6 is 22.9 Å². The standard InChI is InChI=1S/C23H20ClN5OS/c1-15(30)26-21-13-16(11-12-25-21)9-10-17-5-2-3-8-20(17)22-28-29-23(31-22)27-19-7-4-6-18(24)14-19/h2-8,11-14H,9-10H2,1H3,(H,27,29)(H,25,26,30). The Balaban J connectivity index is 1.49. The van der Waals surface area contributed by atoms with Crippen molar-refractivity contribution < 1.29 is 4.79 Å². The molecule has 0 fully saturated rings. The van der Waals surface area contributed by atoms with Crippen LogP contribution in [0.4, 0.5) is 16.6 Å². The van der Waals surface area contributed by atoms with Crippen molar-refractivity contribution in [3.63, 3.8) is 0 Å². The molecule has 2 aromatic carbocycles. The van der Waals surface area contributed by atoms with E-state index in [0.717, 1.165) is 34.7 Å². The van der Waals surface area contributed by atoms with Gasteiger partial charge in [-0.15, -0.1) is 10.2 Å². The molecule has 6 nitrogen and oxygen atoms in total. The van der Waals surface area contributed by atoms with Gasteiger partial charge in [-0.3, -0.25) is 4.79 Å². The Hall–Kier alpha value is -3.29. The Morgan fingerprint density at radius 1 is 1.03 bits per heavy atom. The second-order valence-corrected chi connectivity index (χ2v) is 8.35. The molecule has 0 aliphatic carbocycles. The molecule has 1 amide bonds. The fourth-order valence-electron chi connectivity index (χ4n) is 3.18. The molecule has 4 aromatic rings. The summed E-state index contributed by atoms with van der Waals surface area (Å²) in [6.45, 7) is 1.47. The number of nitrogens with zero attached hydrogens (tertiary/aromatic N) is 3. The zero-order chi connectivity index (χ0) is 21.6. The van der Waals surface area contributed by atoms with Gasteiger partial charge < -0.3 is 10.6 Å². The van der Waals surface area contributed by atoms with Gasteiger partial charge in [0.2, 0.25) is 11.0 Å². The van der Waals surface area contributed by atoms with Crippen molar-refractivity contribution >= 4 is 45.5 Å². The first-order valence-corrected chi connectivity index (χ1v) is 10.9. The molecule has 0 aliphatic heterocycles. The largest absolute Gasteiger partial charge is 0.330 e. The number of hydrogen-bond acceptors (Lipinski definition) is 6. The number of pyridine rings is 1. The van der Waals surface area contributed by atoms with E-state index >= 15 is 0 Å². The quantitative estimate of drug-likeness (QED) is 0.376. The van der Waals surface area contributed by atoms with E-state index in [0.29, 0.717) is 16.0 Å². The van der Waals surface area contributed by atoms with Crippen LogP contribution in [0.2, 0.25) is 5.02 Å². The minimum absolute atomic E-state index is 0.131. The summed E-state index contributed by atoms with van der Waals surface area (Å²) in [6, 6.07) is 19.6. The molecule has 2 heterocycles. The summed E-state index contributed by atoms with van der Waals surface area (Å²) in [5.74, 6) is 0.438. The Labute approximate surface area is 189 Å². The first kappa shape index (κ1) is 21.0. The zero-order valence-corrected chi connectivity index (χ0v) is 18.4. The van der Waals surface area contributed by atoms with E-state index < -0.39 is 0 Å². The van der Waals surface area contributed by atoms with Crippen LogP contribution in [0.1, 0.15) is 18.1 Å². The molecule has 0 unspecified atom stereocenters. The maximum absolute atomic E-state index is 11.3. The van der Waals surface area contributed by atoms with E-state index in [4.69, 9.17) is 11.6 Å². The zero-order valence-electron chi connectivity index (χ0n) is 16.8. The second kappa shape index (κ2) is 9.68. The minimum Gasteiger partial charge on any atom is -0.330 e. The number of carbonyl (C=O) groups excluding carboxylic acids is 1. The predicted molar refractivity (Wildman–Crippen MR) is 126 cm³/mol. The smallest absolute Gasteiger partial charge is 0.222 e. The number of amides is 1. The number of hydrogen-bond donors (Lipinski definition) is 2. The Bertz CT molecular complexity index is 1210. The Morgan fingerprint density at radius 2 is 1.90 bits per heavy atom. The average molecular weight is 450 g/mol. The van der Waals surface area contributed by atoms with Crippen molar-refractivity contribution in [2.75, 3.05) is 10.6 Å². The maximum atomic E-state index is 11.3. The number of nitrogens with one attached hydrogen (secondary N) is 2. The summed E-state index contributed by atoms with van der Waals surface area (Å²) in [5.41, 5.74) is 4.23. The van der Waals surface area contributed by atoms with Gasteiger partial charge in [-0.25, -0.2) is 4.98 Å². The van der Waals surface area contributed by atoms with E-state index in [1.54, 1.807) is 6.20 Å². The molecule has 2 aromatic heterocycles. The van der Waals surface area contributed by atoms with Crippen molar-refractivity contribution in [2.24, 2.45) is 0 Å². The van der Waals surface area contributed by atoms with E-state index in [-0.39, 0.29) is 5.91 Å². The lowest BCUT2D eigenvalue weighted by molar-refractivity contribution is -0.114. The number of aryl methyl sites for hydroxylation is 2. The molecule has 0 bridgehead atoms. The van der Waals surface area contributed by atoms with E-state index in [1.807, 2.05) is 48.5 Å². The number of benzene rings is 2. The number of carbonyl (C=O) groups is 1. The van der Waals surface area contributed by atoms with Gasteiger partial charge in [0.15, 0.2) is 0 Å². The Kier molecular flexibility index (Phi) is 6.54. The highest BCUT2D eigenvalue weighted by Gasteiger charge is 2.12. The number of halogens is 1. The highest BCUT2D eigenvalue weighted by atomic mass is 35.5. The van der Waals surface area contributed by atoms with Crippen LogP contribution in [0.25, 0.3) is 10.6 Å². The van der Waals surface area contributed by atoms with Gasteiger partial charge in [-0.1, -0.05) is 53.3 Å². The lowest BCUT2D eigenvalue weighted by Gasteiger charge is -2.08. The number of anilines is 3. The molecule has 156 valence electrons. The summed E-state index contributed by atoms with van der Waals surface area (Å²) in [5, 5.41) is 16.9. The molecular formula is C23H20ClN5OS. The third-order valence-electron chi connectivity index (χ3n) is 4.56. The van der Waals surface area contributed by atoms with Gasteiger partial charge in [0.1, 0.15) is 10.8 Å². The monoisotopic (exact) mass is 449 g/mol. The highest BCUT2D eigenvalue weighted by Crippen LogP contribution is 2.31. The second-order valence-electron chi connectivity index (χ2n) is 6.94. The average Bonchev–Trinajstić information content (AvgIpc) is 3.20. The van der Waals surface area contributed by atoms with Crippen molar-refractivity contribution in [1.82, 2.24) is 15.2 Å². The van der Waals surface area contributed by atoms with E-state index in [1.165, 1.54) is 23.8 Å². The first-order chi connectivity index (χ1) is 15.1. The van der Waals surface area contributed by atoms with Gasteiger partial charge >= 0.3 is 0 Å². The summed E-state index contributed by atoms with van der Waals surface area (Å²) in [6.07, 6.45) is 3.36. The number of aromatic nitrogens is 3. The number of rotatable bonds is 7. The lowest BCUT2D eigenvalue weighted by atomic mass is 10.0. The van der Waals surface area contributed by atoms with Crippen molar-refractivity contribution in [3.8, 4) is 10.6 Å². The molecular weight excluding hydrogens is 430 g/mol. The molecule has 2 N–H and O–H groups in total. The molecule has 4 rings (SSSR count). The molecule has 0 saturated heterocycles. The summed E-state index contributed by atoms with van der Waals surface area (Å²) in [4.78, 5) is 15.4. The van der Waals surface area contributed by atoms with E-state index in [2.05, 4.69) is 37.9 Å². The predicted octanol–water partition coefficient (Wildman–Crippen LogP) is 5.74. The molecule has 8 heteroatoms. The summed E-state index contributed by atoms with van der Waals surface area (Å²) < 4.78 is 0. The molecule has 31 heavy (non-hydrogen) atoms. The van der Waals surface area contributed by atoms with Crippen LogP contribution in [0.3, 0.4) is 0 Å². The summed E-state index contributed by atoms with van der Waals surface area (Å²) in [7, 11) is 0. The Morgan fingerprint density at radius 3 is 2.74 bits per heavy atom. The molecule has 0 aliphatic rings. The van der Waals surface area contributed by atoms with Crippen LogP contribution in [-0.4, -0.2) is 21.1 Å². The van der Waals surface area contributed by atoms with Crippen molar-refractivity contribution in [3.05, 3.63) is 83.0 Å².